The Morgan fingerprint density at radius 1 is 1.17 bits per heavy atom. The quantitative estimate of drug-likeness (QED) is 0.284. The van der Waals surface area contributed by atoms with Crippen LogP contribution >= 0.6 is 0 Å². The largest absolute Gasteiger partial charge is 0.372 e. The maximum absolute atomic E-state index is 11.6. The maximum Gasteiger partial charge on any atom is 0.124 e. The molecule has 1 aromatic heterocycles. The molecule has 1 atom stereocenters. The highest BCUT2D eigenvalue weighted by atomic mass is 16.6. The smallest absolute Gasteiger partial charge is 0.124 e. The number of allylic oxidation sites excluding steroid dienone is 4. The lowest BCUT2D eigenvalue weighted by molar-refractivity contribution is -0.107. The summed E-state index contributed by atoms with van der Waals surface area (Å²) >= 11 is 0. The van der Waals surface area contributed by atoms with Crippen LogP contribution in [0.3, 0.4) is 0 Å². The van der Waals surface area contributed by atoms with E-state index >= 15 is 0 Å². The molecule has 5 heteroatoms. The number of hydrogen-bond donors (Lipinski definition) is 0. The fraction of sp³-hybridized carbons (Fsp3) is 0.480. The molecule has 162 valence electrons. The molecule has 1 aromatic carbocycles. The number of rotatable bonds is 13. The van der Waals surface area contributed by atoms with Gasteiger partial charge in [-0.2, -0.15) is 0 Å². The van der Waals surface area contributed by atoms with Gasteiger partial charge in [0.25, 0.3) is 0 Å². The Kier molecular flexibility index (Phi) is 8.29. The van der Waals surface area contributed by atoms with Crippen molar-refractivity contribution in [2.75, 3.05) is 44.2 Å². The molecule has 1 unspecified atom stereocenters. The van der Waals surface area contributed by atoms with Crippen molar-refractivity contribution in [3.8, 4) is 0 Å². The van der Waals surface area contributed by atoms with Crippen LogP contribution in [0, 0.1) is 0 Å². The van der Waals surface area contributed by atoms with Gasteiger partial charge in [-0.15, -0.1) is 0 Å². The first-order chi connectivity index (χ1) is 14.7. The third-order valence-electron chi connectivity index (χ3n) is 5.74. The number of fused-ring (bicyclic) bond motifs is 1. The van der Waals surface area contributed by atoms with Gasteiger partial charge in [0, 0.05) is 50.1 Å². The molecular weight excluding hydrogens is 374 g/mol. The van der Waals surface area contributed by atoms with Gasteiger partial charge in [0.15, 0.2) is 0 Å². The van der Waals surface area contributed by atoms with E-state index in [1.54, 1.807) is 0 Å². The van der Waals surface area contributed by atoms with Crippen LogP contribution in [0.2, 0.25) is 0 Å². The van der Waals surface area contributed by atoms with E-state index in [0.717, 1.165) is 57.7 Å². The summed E-state index contributed by atoms with van der Waals surface area (Å²) in [5.74, 6) is 1.18. The van der Waals surface area contributed by atoms with Crippen molar-refractivity contribution >= 4 is 23.0 Å². The van der Waals surface area contributed by atoms with Gasteiger partial charge in [0.2, 0.25) is 0 Å². The van der Waals surface area contributed by atoms with Gasteiger partial charge in [-0.3, -0.25) is 4.90 Å². The minimum Gasteiger partial charge on any atom is -0.372 e. The molecule has 0 saturated carbocycles. The predicted octanol–water partition coefficient (Wildman–Crippen LogP) is 4.06. The highest BCUT2D eigenvalue weighted by molar-refractivity contribution is 5.92. The third kappa shape index (κ3) is 5.41. The number of benzene rings is 1. The summed E-state index contributed by atoms with van der Waals surface area (Å²) in [6.07, 6.45) is 10.2. The first-order valence-electron chi connectivity index (χ1n) is 11.1. The van der Waals surface area contributed by atoms with E-state index in [1.165, 1.54) is 16.7 Å². The molecule has 30 heavy (non-hydrogen) atoms. The number of nitrogens with zero attached hydrogens (tertiary/aromatic N) is 3. The third-order valence-corrected chi connectivity index (χ3v) is 5.74. The zero-order valence-corrected chi connectivity index (χ0v) is 18.6. The van der Waals surface area contributed by atoms with Crippen molar-refractivity contribution in [1.82, 2.24) is 9.47 Å². The number of carbonyl (C=O) groups excluding carboxylic acids is 1. The van der Waals surface area contributed by atoms with E-state index in [-0.39, 0.29) is 0 Å². The van der Waals surface area contributed by atoms with Crippen LogP contribution in [0.5, 0.6) is 0 Å². The molecule has 1 fully saturated rings. The number of aromatic nitrogens is 1. The summed E-state index contributed by atoms with van der Waals surface area (Å²) in [5, 5.41) is 1.18. The molecule has 2 heterocycles. The topological polar surface area (TPSA) is 41.0 Å². The van der Waals surface area contributed by atoms with Gasteiger partial charge < -0.3 is 19.0 Å². The van der Waals surface area contributed by atoms with Crippen LogP contribution in [0.1, 0.15) is 26.3 Å². The number of carbonyl (C=O) groups is 1. The number of hydrogen-bond acceptors (Lipinski definition) is 4. The molecule has 0 spiro atoms. The van der Waals surface area contributed by atoms with Crippen LogP contribution in [-0.4, -0.2) is 61.2 Å². The first kappa shape index (κ1) is 22.3. The molecule has 1 saturated heterocycles. The van der Waals surface area contributed by atoms with Crippen molar-refractivity contribution in [2.24, 2.45) is 0 Å². The second-order valence-corrected chi connectivity index (χ2v) is 7.68. The van der Waals surface area contributed by atoms with Gasteiger partial charge in [-0.25, -0.2) is 0 Å². The molecule has 3 rings (SSSR count). The second-order valence-electron chi connectivity index (χ2n) is 7.68. The normalized spacial score (nSPS) is 16.3. The zero-order valence-electron chi connectivity index (χ0n) is 18.6. The molecule has 2 aromatic rings. The summed E-state index contributed by atoms with van der Waals surface area (Å²) < 4.78 is 7.78. The Hall–Kier alpha value is -2.37. The molecular formula is C25H35N3O2. The Bertz CT molecular complexity index is 880. The fourth-order valence-corrected chi connectivity index (χ4v) is 4.06. The number of likely N-dealkylation sites (N-methyl/N-ethyl adjacent to an activating group) is 2. The first-order valence-corrected chi connectivity index (χ1v) is 11.1. The standard InChI is InChI=1S/C25H35N3O2/c1-4-7-8-11-15-28-24-13-10-9-12-22(24)23(14-18-29)25(28)27(6-3)17-16-26(5-2)19-21-20-30-21/h4,7-13,18,21H,5-6,14-17,19-20H2,1-3H3/b7-4-,11-8-. The van der Waals surface area contributed by atoms with E-state index in [2.05, 4.69) is 64.6 Å². The average molecular weight is 410 g/mol. The molecule has 0 amide bonds. The van der Waals surface area contributed by atoms with E-state index in [4.69, 9.17) is 4.74 Å². The van der Waals surface area contributed by atoms with Crippen LogP contribution in [-0.2, 0) is 22.5 Å². The zero-order chi connectivity index (χ0) is 21.3. The highest BCUT2D eigenvalue weighted by Crippen LogP contribution is 2.33. The van der Waals surface area contributed by atoms with Crippen molar-refractivity contribution in [3.63, 3.8) is 0 Å². The Balaban J connectivity index is 1.94. The maximum atomic E-state index is 11.6. The molecule has 5 nitrogen and oxygen atoms in total. The van der Waals surface area contributed by atoms with Crippen molar-refractivity contribution in [2.45, 2.75) is 39.8 Å². The van der Waals surface area contributed by atoms with Gasteiger partial charge >= 0.3 is 0 Å². The van der Waals surface area contributed by atoms with Crippen LogP contribution in [0.25, 0.3) is 10.9 Å². The summed E-state index contributed by atoms with van der Waals surface area (Å²) in [6, 6.07) is 8.44. The summed E-state index contributed by atoms with van der Waals surface area (Å²) in [5.41, 5.74) is 2.32. The van der Waals surface area contributed by atoms with Crippen LogP contribution < -0.4 is 4.90 Å². The molecule has 1 aliphatic rings. The lowest BCUT2D eigenvalue weighted by Gasteiger charge is -2.29. The summed E-state index contributed by atoms with van der Waals surface area (Å²) in [4.78, 5) is 16.4. The van der Waals surface area contributed by atoms with Gasteiger partial charge in [-0.05, 0) is 26.5 Å². The number of para-hydroxylation sites is 1. The molecule has 0 aliphatic carbocycles. The van der Waals surface area contributed by atoms with E-state index in [9.17, 15) is 4.79 Å². The molecule has 0 bridgehead atoms. The van der Waals surface area contributed by atoms with Gasteiger partial charge in [0.05, 0.1) is 18.2 Å². The minimum atomic E-state index is 0.411. The molecule has 0 radical (unpaired) electrons. The van der Waals surface area contributed by atoms with Crippen LogP contribution in [0.4, 0.5) is 5.82 Å². The predicted molar refractivity (Wildman–Crippen MR) is 125 cm³/mol. The number of aldehydes is 1. The second kappa shape index (κ2) is 11.1. The number of ether oxygens (including phenoxy) is 1. The number of anilines is 1. The fourth-order valence-electron chi connectivity index (χ4n) is 4.06. The summed E-state index contributed by atoms with van der Waals surface area (Å²) in [6.45, 7) is 12.9. The van der Waals surface area contributed by atoms with Crippen molar-refractivity contribution in [1.29, 1.82) is 0 Å². The average Bonchev–Trinajstić information content (AvgIpc) is 3.54. The lowest BCUT2D eigenvalue weighted by Crippen LogP contribution is -2.38. The van der Waals surface area contributed by atoms with Crippen molar-refractivity contribution < 1.29 is 9.53 Å². The van der Waals surface area contributed by atoms with Gasteiger partial charge in [-0.1, -0.05) is 49.4 Å². The highest BCUT2D eigenvalue weighted by Gasteiger charge is 2.26. The summed E-state index contributed by atoms with van der Waals surface area (Å²) in [7, 11) is 0. The van der Waals surface area contributed by atoms with Gasteiger partial charge in [0.1, 0.15) is 12.1 Å². The Labute approximate surface area is 180 Å². The Morgan fingerprint density at radius 3 is 2.63 bits per heavy atom. The minimum absolute atomic E-state index is 0.411. The Morgan fingerprint density at radius 2 is 1.97 bits per heavy atom. The van der Waals surface area contributed by atoms with Crippen LogP contribution in [0.15, 0.2) is 48.6 Å². The number of epoxide rings is 1. The van der Waals surface area contributed by atoms with E-state index in [0.29, 0.717) is 12.5 Å². The van der Waals surface area contributed by atoms with E-state index < -0.39 is 0 Å². The monoisotopic (exact) mass is 409 g/mol. The molecule has 1 aliphatic heterocycles. The van der Waals surface area contributed by atoms with Crippen molar-refractivity contribution in [3.05, 3.63) is 54.1 Å². The lowest BCUT2D eigenvalue weighted by atomic mass is 10.1. The van der Waals surface area contributed by atoms with E-state index in [1.807, 2.05) is 19.1 Å². The molecule has 0 N–H and O–H groups in total. The SMILES string of the molecule is C/C=C\C=C/Cn1c(N(CC)CCN(CC)CC2CO2)c(CC=O)c2ccccc21.